The van der Waals surface area contributed by atoms with Gasteiger partial charge in [-0.1, -0.05) is 176 Å². The molecule has 0 amide bonds. The van der Waals surface area contributed by atoms with Crippen LogP contribution in [0.15, 0.2) is 217 Å². The molecule has 0 atom stereocenters. The lowest BCUT2D eigenvalue weighted by atomic mass is 9.70. The molecule has 266 valence electrons. The van der Waals surface area contributed by atoms with Crippen molar-refractivity contribution in [1.29, 1.82) is 0 Å². The second-order valence-corrected chi connectivity index (χ2v) is 15.2. The number of fused-ring (bicyclic) bond motifs is 13. The van der Waals surface area contributed by atoms with Crippen LogP contribution >= 0.6 is 0 Å². The summed E-state index contributed by atoms with van der Waals surface area (Å²) in [7, 11) is 0. The first-order chi connectivity index (χ1) is 28.3. The van der Waals surface area contributed by atoms with Crippen molar-refractivity contribution in [3.63, 3.8) is 0 Å². The Kier molecular flexibility index (Phi) is 6.88. The first-order valence-electron chi connectivity index (χ1n) is 19.7. The van der Waals surface area contributed by atoms with E-state index in [9.17, 15) is 0 Å². The maximum atomic E-state index is 6.68. The van der Waals surface area contributed by atoms with E-state index >= 15 is 0 Å². The van der Waals surface area contributed by atoms with Crippen molar-refractivity contribution in [1.82, 2.24) is 0 Å². The van der Waals surface area contributed by atoms with Crippen LogP contribution in [0.25, 0.3) is 66.4 Å². The highest BCUT2D eigenvalue weighted by Gasteiger charge is 2.52. The van der Waals surface area contributed by atoms with Gasteiger partial charge in [-0.2, -0.15) is 0 Å². The fourth-order valence-electron chi connectivity index (χ4n) is 9.94. The first kappa shape index (κ1) is 31.9. The zero-order valence-corrected chi connectivity index (χ0v) is 31.1. The molecule has 1 heterocycles. The molecule has 0 saturated heterocycles. The fraction of sp³-hybridized carbons (Fsp3) is 0.0182. The SMILES string of the molecule is c1ccc(-c2ccc(N(c3cc(-c4ccccc4)c4oc5ccccc5c4c3)c3cccc4c3-c3ccccc3C43c4ccccc4-c4ccccc43)cc2)cc1. The smallest absolute Gasteiger partial charge is 0.143 e. The van der Waals surface area contributed by atoms with Crippen LogP contribution in [-0.2, 0) is 5.41 Å². The van der Waals surface area contributed by atoms with Crippen LogP contribution in [-0.4, -0.2) is 0 Å². The van der Waals surface area contributed by atoms with Crippen LogP contribution in [0, 0.1) is 0 Å². The van der Waals surface area contributed by atoms with Crippen LogP contribution in [0.1, 0.15) is 22.3 Å². The largest absolute Gasteiger partial charge is 0.455 e. The topological polar surface area (TPSA) is 16.4 Å². The summed E-state index contributed by atoms with van der Waals surface area (Å²) in [5.41, 5.74) is 19.6. The average Bonchev–Trinajstić information content (AvgIpc) is 3.92. The van der Waals surface area contributed by atoms with Crippen molar-refractivity contribution in [2.45, 2.75) is 5.41 Å². The van der Waals surface area contributed by atoms with E-state index in [2.05, 4.69) is 211 Å². The van der Waals surface area contributed by atoms with E-state index in [1.54, 1.807) is 0 Å². The Balaban J connectivity index is 1.17. The summed E-state index contributed by atoms with van der Waals surface area (Å²) in [5.74, 6) is 0. The average molecular weight is 726 g/mol. The molecule has 2 aliphatic carbocycles. The Morgan fingerprint density at radius 2 is 0.895 bits per heavy atom. The minimum absolute atomic E-state index is 0.447. The normalized spacial score (nSPS) is 13.1. The molecular formula is C55H35NO. The summed E-state index contributed by atoms with van der Waals surface area (Å²) < 4.78 is 6.68. The molecule has 10 aromatic rings. The Bertz CT molecular complexity index is 3130. The summed E-state index contributed by atoms with van der Waals surface area (Å²) in [5, 5.41) is 2.20. The number of hydrogen-bond acceptors (Lipinski definition) is 2. The Morgan fingerprint density at radius 3 is 1.60 bits per heavy atom. The van der Waals surface area contributed by atoms with Gasteiger partial charge >= 0.3 is 0 Å². The second kappa shape index (κ2) is 12.3. The molecule has 1 spiro atoms. The van der Waals surface area contributed by atoms with Crippen LogP contribution in [0.5, 0.6) is 0 Å². The minimum atomic E-state index is -0.447. The van der Waals surface area contributed by atoms with Gasteiger partial charge in [-0.15, -0.1) is 0 Å². The molecule has 0 N–H and O–H groups in total. The molecule has 2 nitrogen and oxygen atoms in total. The zero-order chi connectivity index (χ0) is 37.5. The van der Waals surface area contributed by atoms with Gasteiger partial charge in [0.15, 0.2) is 0 Å². The van der Waals surface area contributed by atoms with Gasteiger partial charge in [-0.25, -0.2) is 0 Å². The Morgan fingerprint density at radius 1 is 0.351 bits per heavy atom. The standard InChI is InChI=1S/C55H35NO/c1-3-16-36(17-4-1)37-30-32-39(33-31-37)56(40-34-45(38-18-5-2-6-19-38)54-46(35-40)43-22-10-14-29-52(43)57-54)51-28-15-27-50-53(51)44-23-9-13-26-49(44)55(50)47-24-11-7-20-41(47)42-21-8-12-25-48(42)55/h1-35H. The second-order valence-electron chi connectivity index (χ2n) is 15.2. The van der Waals surface area contributed by atoms with E-state index in [1.807, 2.05) is 6.07 Å². The summed E-state index contributed by atoms with van der Waals surface area (Å²) in [4.78, 5) is 2.48. The van der Waals surface area contributed by atoms with Crippen molar-refractivity contribution in [2.24, 2.45) is 0 Å². The number of benzene rings is 9. The van der Waals surface area contributed by atoms with E-state index in [0.717, 1.165) is 50.1 Å². The molecule has 2 heteroatoms. The van der Waals surface area contributed by atoms with Crippen molar-refractivity contribution in [3.8, 4) is 44.5 Å². The molecule has 0 unspecified atom stereocenters. The lowest BCUT2D eigenvalue weighted by Crippen LogP contribution is -2.26. The molecule has 0 saturated carbocycles. The zero-order valence-electron chi connectivity index (χ0n) is 31.1. The van der Waals surface area contributed by atoms with E-state index in [4.69, 9.17) is 4.42 Å². The molecule has 0 aliphatic heterocycles. The van der Waals surface area contributed by atoms with E-state index in [1.165, 1.54) is 55.6 Å². The summed E-state index contributed by atoms with van der Waals surface area (Å²) in [6, 6.07) is 77.4. The number of rotatable bonds is 5. The van der Waals surface area contributed by atoms with Gasteiger partial charge in [0.05, 0.1) is 11.1 Å². The molecule has 1 aromatic heterocycles. The number of furan rings is 1. The molecule has 0 radical (unpaired) electrons. The third-order valence-corrected chi connectivity index (χ3v) is 12.3. The predicted molar refractivity (Wildman–Crippen MR) is 236 cm³/mol. The third-order valence-electron chi connectivity index (χ3n) is 12.3. The maximum absolute atomic E-state index is 6.68. The van der Waals surface area contributed by atoms with E-state index in [0.29, 0.717) is 0 Å². The molecule has 0 bridgehead atoms. The number of anilines is 3. The van der Waals surface area contributed by atoms with Gasteiger partial charge in [0, 0.05) is 33.3 Å². The Labute approximate surface area is 331 Å². The van der Waals surface area contributed by atoms with Gasteiger partial charge in [-0.3, -0.25) is 0 Å². The van der Waals surface area contributed by atoms with E-state index < -0.39 is 5.41 Å². The van der Waals surface area contributed by atoms with Gasteiger partial charge in [0.2, 0.25) is 0 Å². The summed E-state index contributed by atoms with van der Waals surface area (Å²) in [6.07, 6.45) is 0. The van der Waals surface area contributed by atoms with Crippen LogP contribution in [0.2, 0.25) is 0 Å². The highest BCUT2D eigenvalue weighted by molar-refractivity contribution is 6.12. The maximum Gasteiger partial charge on any atom is 0.143 e. The van der Waals surface area contributed by atoms with Crippen molar-refractivity contribution < 1.29 is 4.42 Å². The van der Waals surface area contributed by atoms with Crippen molar-refractivity contribution in [3.05, 3.63) is 235 Å². The molecule has 2 aliphatic rings. The minimum Gasteiger partial charge on any atom is -0.455 e. The molecular weight excluding hydrogens is 691 g/mol. The fourth-order valence-corrected chi connectivity index (χ4v) is 9.94. The van der Waals surface area contributed by atoms with E-state index in [-0.39, 0.29) is 0 Å². The van der Waals surface area contributed by atoms with Crippen molar-refractivity contribution in [2.75, 3.05) is 4.90 Å². The third kappa shape index (κ3) is 4.53. The van der Waals surface area contributed by atoms with Gasteiger partial charge < -0.3 is 9.32 Å². The number of nitrogens with zero attached hydrogens (tertiary/aromatic N) is 1. The first-order valence-corrected chi connectivity index (χ1v) is 19.7. The van der Waals surface area contributed by atoms with Gasteiger partial charge in [-0.05, 0) is 92.0 Å². The molecule has 0 fully saturated rings. The summed E-state index contributed by atoms with van der Waals surface area (Å²) >= 11 is 0. The summed E-state index contributed by atoms with van der Waals surface area (Å²) in [6.45, 7) is 0. The molecule has 9 aromatic carbocycles. The van der Waals surface area contributed by atoms with Crippen LogP contribution < -0.4 is 4.90 Å². The van der Waals surface area contributed by atoms with Gasteiger partial charge in [0.25, 0.3) is 0 Å². The lowest BCUT2D eigenvalue weighted by molar-refractivity contribution is 0.670. The molecule has 12 rings (SSSR count). The quantitative estimate of drug-likeness (QED) is 0.176. The molecule has 57 heavy (non-hydrogen) atoms. The highest BCUT2D eigenvalue weighted by Crippen LogP contribution is 2.64. The predicted octanol–water partition coefficient (Wildman–Crippen LogP) is 14.7. The van der Waals surface area contributed by atoms with Crippen LogP contribution in [0.4, 0.5) is 17.1 Å². The Hall–Kier alpha value is -7.42. The van der Waals surface area contributed by atoms with Gasteiger partial charge in [0.1, 0.15) is 11.2 Å². The monoisotopic (exact) mass is 725 g/mol. The number of para-hydroxylation sites is 1. The van der Waals surface area contributed by atoms with Crippen LogP contribution in [0.3, 0.4) is 0 Å². The highest BCUT2D eigenvalue weighted by atomic mass is 16.3. The number of hydrogen-bond donors (Lipinski definition) is 0. The van der Waals surface area contributed by atoms with Crippen molar-refractivity contribution >= 4 is 39.0 Å². The lowest BCUT2D eigenvalue weighted by Gasteiger charge is -2.32.